The molecule has 2 heterocycles. The van der Waals surface area contributed by atoms with Crippen LogP contribution in [0.1, 0.15) is 55.9 Å². The zero-order valence-electron chi connectivity index (χ0n) is 19.6. The predicted octanol–water partition coefficient (Wildman–Crippen LogP) is 5.70. The molecule has 1 N–H and O–H groups in total. The molecule has 1 saturated heterocycles. The molecule has 9 heteroatoms. The van der Waals surface area contributed by atoms with Crippen LogP contribution in [0, 0.1) is 18.3 Å². The maximum absolute atomic E-state index is 13.2. The minimum absolute atomic E-state index is 0.0129. The molecule has 1 atom stereocenters. The van der Waals surface area contributed by atoms with Gasteiger partial charge in [-0.3, -0.25) is 19.1 Å². The average Bonchev–Trinajstić information content (AvgIpc) is 3.10. The number of rotatable bonds is 8. The number of halogens is 1. The fourth-order valence-electron chi connectivity index (χ4n) is 3.78. The lowest BCUT2D eigenvalue weighted by molar-refractivity contribution is -0.123. The van der Waals surface area contributed by atoms with Crippen LogP contribution >= 0.6 is 35.6 Å². The number of amides is 1. The van der Waals surface area contributed by atoms with Crippen LogP contribution in [0.25, 0.3) is 6.08 Å². The summed E-state index contributed by atoms with van der Waals surface area (Å²) in [5.41, 5.74) is 1.74. The van der Waals surface area contributed by atoms with Crippen LogP contribution < -0.4 is 10.9 Å². The highest BCUT2D eigenvalue weighted by molar-refractivity contribution is 8.26. The maximum Gasteiger partial charge on any atom is 0.270 e. The Labute approximate surface area is 214 Å². The Morgan fingerprint density at radius 3 is 2.62 bits per heavy atom. The van der Waals surface area contributed by atoms with Crippen LogP contribution in [-0.2, 0) is 17.9 Å². The van der Waals surface area contributed by atoms with Gasteiger partial charge in [0.05, 0.1) is 4.91 Å². The SMILES string of the molecule is CCCn1c(NCc2ccccc2Cl)c(/C=C2/SC(=S)N(C(C)CC)C2=O)c(C)c(C#N)c1=O. The summed E-state index contributed by atoms with van der Waals surface area (Å²) in [7, 11) is 0. The summed E-state index contributed by atoms with van der Waals surface area (Å²) in [6.45, 7) is 8.47. The minimum Gasteiger partial charge on any atom is -0.367 e. The molecule has 1 fully saturated rings. The molecule has 1 aromatic carbocycles. The highest BCUT2D eigenvalue weighted by Gasteiger charge is 2.35. The molecular formula is C25H27ClN4O2S2. The van der Waals surface area contributed by atoms with E-state index in [9.17, 15) is 14.9 Å². The fraction of sp³-hybridized carbons (Fsp3) is 0.360. The van der Waals surface area contributed by atoms with E-state index in [0.29, 0.717) is 50.7 Å². The number of nitrogens with one attached hydrogen (secondary N) is 1. The van der Waals surface area contributed by atoms with Gasteiger partial charge >= 0.3 is 0 Å². The van der Waals surface area contributed by atoms with Crippen molar-refractivity contribution >= 4 is 57.7 Å². The van der Waals surface area contributed by atoms with E-state index in [-0.39, 0.29) is 23.1 Å². The van der Waals surface area contributed by atoms with Crippen molar-refractivity contribution in [1.82, 2.24) is 9.47 Å². The monoisotopic (exact) mass is 514 g/mol. The first-order chi connectivity index (χ1) is 16.2. The Bertz CT molecular complexity index is 1260. The van der Waals surface area contributed by atoms with Crippen LogP contribution in [0.5, 0.6) is 0 Å². The number of hydrogen-bond acceptors (Lipinski definition) is 6. The third kappa shape index (κ3) is 5.07. The summed E-state index contributed by atoms with van der Waals surface area (Å²) < 4.78 is 2.08. The Morgan fingerprint density at radius 1 is 1.29 bits per heavy atom. The molecule has 1 aromatic heterocycles. The third-order valence-corrected chi connectivity index (χ3v) is 7.56. The van der Waals surface area contributed by atoms with E-state index in [1.807, 2.05) is 45.0 Å². The van der Waals surface area contributed by atoms with Gasteiger partial charge in [0.1, 0.15) is 21.8 Å². The second-order valence-corrected chi connectivity index (χ2v) is 10.2. The van der Waals surface area contributed by atoms with Crippen molar-refractivity contribution in [3.8, 4) is 6.07 Å². The van der Waals surface area contributed by atoms with E-state index < -0.39 is 0 Å². The highest BCUT2D eigenvalue weighted by atomic mass is 35.5. The minimum atomic E-state index is -0.354. The molecule has 6 nitrogen and oxygen atoms in total. The van der Waals surface area contributed by atoms with Crippen molar-refractivity contribution in [2.24, 2.45) is 0 Å². The molecule has 1 aliphatic rings. The molecule has 2 aromatic rings. The molecule has 1 amide bonds. The van der Waals surface area contributed by atoms with E-state index in [0.717, 1.165) is 12.0 Å². The molecule has 178 valence electrons. The molecule has 0 saturated carbocycles. The van der Waals surface area contributed by atoms with Gasteiger partial charge in [0.25, 0.3) is 11.5 Å². The second-order valence-electron chi connectivity index (χ2n) is 8.08. The number of nitrogens with zero attached hydrogens (tertiary/aromatic N) is 3. The van der Waals surface area contributed by atoms with Crippen molar-refractivity contribution in [1.29, 1.82) is 5.26 Å². The van der Waals surface area contributed by atoms with Gasteiger partial charge in [0.15, 0.2) is 0 Å². The molecule has 34 heavy (non-hydrogen) atoms. The second kappa shape index (κ2) is 11.2. The van der Waals surface area contributed by atoms with E-state index in [2.05, 4.69) is 11.4 Å². The number of nitriles is 1. The van der Waals surface area contributed by atoms with Crippen LogP contribution in [0.4, 0.5) is 5.82 Å². The van der Waals surface area contributed by atoms with Crippen LogP contribution in [0.3, 0.4) is 0 Å². The quantitative estimate of drug-likeness (QED) is 0.359. The van der Waals surface area contributed by atoms with Crippen molar-refractivity contribution in [3.05, 3.63) is 66.8 Å². The molecule has 1 aliphatic heterocycles. The fourth-order valence-corrected chi connectivity index (χ4v) is 5.43. The van der Waals surface area contributed by atoms with Crippen LogP contribution in [-0.4, -0.2) is 25.7 Å². The molecular weight excluding hydrogens is 488 g/mol. The van der Waals surface area contributed by atoms with Crippen molar-refractivity contribution in [3.63, 3.8) is 0 Å². The topological polar surface area (TPSA) is 78.1 Å². The van der Waals surface area contributed by atoms with Gasteiger partial charge in [0, 0.05) is 29.7 Å². The third-order valence-electron chi connectivity index (χ3n) is 5.86. The van der Waals surface area contributed by atoms with Crippen molar-refractivity contribution < 1.29 is 4.79 Å². The Balaban J connectivity index is 2.18. The van der Waals surface area contributed by atoms with Crippen LogP contribution in [0.2, 0.25) is 5.02 Å². The molecule has 0 aliphatic carbocycles. The van der Waals surface area contributed by atoms with E-state index in [1.165, 1.54) is 11.8 Å². The van der Waals surface area contributed by atoms with Gasteiger partial charge < -0.3 is 5.32 Å². The van der Waals surface area contributed by atoms with E-state index >= 15 is 0 Å². The highest BCUT2D eigenvalue weighted by Crippen LogP contribution is 2.36. The lowest BCUT2D eigenvalue weighted by Gasteiger charge is -2.21. The first-order valence-corrected chi connectivity index (χ1v) is 12.8. The maximum atomic E-state index is 13.2. The number of carbonyl (C=O) groups excluding carboxylic acids is 1. The smallest absolute Gasteiger partial charge is 0.270 e. The van der Waals surface area contributed by atoms with Gasteiger partial charge in [-0.1, -0.05) is 67.6 Å². The molecule has 1 unspecified atom stereocenters. The Hall–Kier alpha value is -2.60. The summed E-state index contributed by atoms with van der Waals surface area (Å²) in [4.78, 5) is 28.4. The van der Waals surface area contributed by atoms with Crippen molar-refractivity contribution in [2.45, 2.75) is 59.7 Å². The molecule has 3 rings (SSSR count). The Kier molecular flexibility index (Phi) is 8.58. The summed E-state index contributed by atoms with van der Waals surface area (Å²) in [6, 6.07) is 9.51. The summed E-state index contributed by atoms with van der Waals surface area (Å²) in [6.07, 6.45) is 3.23. The lowest BCUT2D eigenvalue weighted by atomic mass is 10.0. The van der Waals surface area contributed by atoms with Crippen LogP contribution in [0.15, 0.2) is 34.0 Å². The first kappa shape index (κ1) is 26.0. The van der Waals surface area contributed by atoms with E-state index in [4.69, 9.17) is 23.8 Å². The normalized spacial score (nSPS) is 15.6. The van der Waals surface area contributed by atoms with Gasteiger partial charge in [-0.15, -0.1) is 0 Å². The zero-order chi connectivity index (χ0) is 25.0. The summed E-state index contributed by atoms with van der Waals surface area (Å²) in [5.74, 6) is 0.393. The molecule has 0 bridgehead atoms. The van der Waals surface area contributed by atoms with E-state index in [1.54, 1.807) is 22.5 Å². The summed E-state index contributed by atoms with van der Waals surface area (Å²) in [5, 5.41) is 13.7. The Morgan fingerprint density at radius 2 is 2.00 bits per heavy atom. The van der Waals surface area contributed by atoms with Gasteiger partial charge in [-0.05, 0) is 50.0 Å². The largest absolute Gasteiger partial charge is 0.367 e. The lowest BCUT2D eigenvalue weighted by Crippen LogP contribution is -2.36. The number of hydrogen-bond donors (Lipinski definition) is 1. The average molecular weight is 515 g/mol. The van der Waals surface area contributed by atoms with Gasteiger partial charge in [-0.25, -0.2) is 0 Å². The molecule has 0 spiro atoms. The first-order valence-electron chi connectivity index (χ1n) is 11.2. The van der Waals surface area contributed by atoms with Gasteiger partial charge in [0.2, 0.25) is 0 Å². The van der Waals surface area contributed by atoms with Gasteiger partial charge in [-0.2, -0.15) is 5.26 Å². The standard InChI is InChI=1S/C25H27ClN4O2S2/c1-5-11-29-22(28-14-17-9-7-8-10-20(17)26)18(16(4)19(13-27)23(29)31)12-21-24(32)30(15(3)6-2)25(33)34-21/h7-10,12,15,28H,5-6,11,14H2,1-4H3/b21-12+. The number of benzene rings is 1. The van der Waals surface area contributed by atoms with Crippen molar-refractivity contribution in [2.75, 3.05) is 5.32 Å². The summed E-state index contributed by atoms with van der Waals surface area (Å²) >= 11 is 13.1. The molecule has 0 radical (unpaired) electrons. The number of aromatic nitrogens is 1. The predicted molar refractivity (Wildman–Crippen MR) is 144 cm³/mol. The number of pyridine rings is 1. The number of thioether (sulfide) groups is 1. The zero-order valence-corrected chi connectivity index (χ0v) is 22.0. The number of carbonyl (C=O) groups is 1. The number of anilines is 1. The number of thiocarbonyl (C=S) groups is 1.